The Hall–Kier alpha value is -3.04. The molecule has 8 nitrogen and oxygen atoms in total. The zero-order valence-corrected chi connectivity index (χ0v) is 15.1. The summed E-state index contributed by atoms with van der Waals surface area (Å²) in [5.74, 6) is 2.04. The van der Waals surface area contributed by atoms with Crippen LogP contribution in [-0.4, -0.2) is 51.9 Å². The monoisotopic (exact) mass is 382 g/mol. The van der Waals surface area contributed by atoms with Crippen molar-refractivity contribution in [3.63, 3.8) is 0 Å². The molecule has 0 bridgehead atoms. The Balaban J connectivity index is 0.00000192. The van der Waals surface area contributed by atoms with Gasteiger partial charge >= 0.3 is 0 Å². The van der Waals surface area contributed by atoms with Gasteiger partial charge in [-0.2, -0.15) is 5.21 Å². The van der Waals surface area contributed by atoms with E-state index in [0.29, 0.717) is 11.6 Å². The summed E-state index contributed by atoms with van der Waals surface area (Å²) in [6.07, 6.45) is 3.54. The maximum Gasteiger partial charge on any atom is 0.214 e. The second-order valence-corrected chi connectivity index (χ2v) is 7.17. The molecule has 1 aromatic carbocycles. The summed E-state index contributed by atoms with van der Waals surface area (Å²) >= 11 is 1.55. The van der Waals surface area contributed by atoms with E-state index in [4.69, 9.17) is 9.47 Å². The van der Waals surface area contributed by atoms with E-state index in [2.05, 4.69) is 42.6 Å². The fourth-order valence-electron chi connectivity index (χ4n) is 3.07. The number of benzene rings is 1. The van der Waals surface area contributed by atoms with Crippen LogP contribution in [0.25, 0.3) is 20.8 Å². The average molecular weight is 382 g/mol. The van der Waals surface area contributed by atoms with Crippen molar-refractivity contribution < 1.29 is 10.9 Å². The Morgan fingerprint density at radius 1 is 1.15 bits per heavy atom. The molecule has 0 amide bonds. The topological polar surface area (TPSA) is 89.0 Å². The van der Waals surface area contributed by atoms with Crippen LogP contribution in [0.3, 0.4) is 0 Å². The molecule has 3 aromatic heterocycles. The Morgan fingerprint density at radius 3 is 2.78 bits per heavy atom. The van der Waals surface area contributed by atoms with E-state index in [1.165, 1.54) is 5.69 Å². The van der Waals surface area contributed by atoms with Crippen molar-refractivity contribution in [3.05, 3.63) is 42.7 Å². The average Bonchev–Trinajstić information content (AvgIpc) is 3.39. The third-order valence-electron chi connectivity index (χ3n) is 4.42. The van der Waals surface area contributed by atoms with Crippen molar-refractivity contribution in [3.8, 4) is 22.2 Å². The number of H-pyrrole nitrogens is 1. The molecule has 1 saturated heterocycles. The molecule has 0 saturated carbocycles. The number of pyridine rings is 1. The summed E-state index contributed by atoms with van der Waals surface area (Å²) in [5, 5.41) is 15.1. The molecule has 138 valence electrons. The third kappa shape index (κ3) is 3.22. The number of aromatic amines is 1. The lowest BCUT2D eigenvalue weighted by Gasteiger charge is -2.28. The van der Waals surface area contributed by atoms with E-state index >= 15 is 0 Å². The van der Waals surface area contributed by atoms with Crippen LogP contribution < -0.4 is 9.64 Å². The summed E-state index contributed by atoms with van der Waals surface area (Å²) in [7, 11) is 0. The Morgan fingerprint density at radius 2 is 2.00 bits per heavy atom. The number of hydrogen-bond acceptors (Lipinski definition) is 8. The van der Waals surface area contributed by atoms with Crippen LogP contribution in [0.4, 0.5) is 5.69 Å². The van der Waals surface area contributed by atoms with Crippen molar-refractivity contribution in [1.29, 1.82) is 0 Å². The zero-order chi connectivity index (χ0) is 18.1. The van der Waals surface area contributed by atoms with Gasteiger partial charge in [0.1, 0.15) is 5.75 Å². The van der Waals surface area contributed by atoms with Crippen LogP contribution in [0.1, 0.15) is 1.43 Å². The van der Waals surface area contributed by atoms with Gasteiger partial charge in [0.15, 0.2) is 5.75 Å². The molecular weight excluding hydrogens is 364 g/mol. The molecule has 5 rings (SSSR count). The molecule has 4 heterocycles. The molecule has 27 heavy (non-hydrogen) atoms. The number of fused-ring (bicyclic) bond motifs is 1. The number of nitrogens with one attached hydrogen (secondary N) is 1. The molecule has 1 aliphatic heterocycles. The maximum absolute atomic E-state index is 6.10. The summed E-state index contributed by atoms with van der Waals surface area (Å²) in [6, 6.07) is 10.1. The van der Waals surface area contributed by atoms with Crippen molar-refractivity contribution >= 4 is 27.1 Å². The highest BCUT2D eigenvalue weighted by molar-refractivity contribution is 7.22. The number of aromatic nitrogens is 5. The van der Waals surface area contributed by atoms with E-state index in [0.717, 1.165) is 47.0 Å². The normalized spacial score (nSPS) is 14.6. The van der Waals surface area contributed by atoms with Crippen molar-refractivity contribution in [1.82, 2.24) is 25.6 Å². The van der Waals surface area contributed by atoms with Crippen molar-refractivity contribution in [2.24, 2.45) is 0 Å². The first-order valence-electron chi connectivity index (χ1n) is 8.59. The van der Waals surface area contributed by atoms with E-state index in [-0.39, 0.29) is 1.43 Å². The van der Waals surface area contributed by atoms with Gasteiger partial charge in [0.05, 0.1) is 29.0 Å². The van der Waals surface area contributed by atoms with Gasteiger partial charge in [0, 0.05) is 31.8 Å². The molecule has 9 heteroatoms. The number of tetrazole rings is 1. The number of thiophene rings is 1. The van der Waals surface area contributed by atoms with E-state index in [9.17, 15) is 0 Å². The lowest BCUT2D eigenvalue weighted by Crippen LogP contribution is -2.36. The first kappa shape index (κ1) is 16.2. The van der Waals surface area contributed by atoms with Crippen LogP contribution in [0.5, 0.6) is 11.5 Å². The lowest BCUT2D eigenvalue weighted by molar-refractivity contribution is 0.122. The molecule has 1 N–H and O–H groups in total. The van der Waals surface area contributed by atoms with Gasteiger partial charge in [0.25, 0.3) is 0 Å². The molecule has 0 unspecified atom stereocenters. The minimum Gasteiger partial charge on any atom is -0.455 e. The fourth-order valence-corrected chi connectivity index (χ4v) is 4.04. The standard InChI is InChI=1S/C18H16N6O2S.H2/c1-3-13(4-2-12(1)24-5-7-25-8-6-24)26-15-10-19-11-17-14(15)9-16(27-17)18-20-22-23-21-18;/h1-4,9-11H,5-8H2,(H,20,21,22,23);1H. The van der Waals surface area contributed by atoms with Gasteiger partial charge in [-0.1, -0.05) is 0 Å². The summed E-state index contributed by atoms with van der Waals surface area (Å²) < 4.78 is 12.5. The van der Waals surface area contributed by atoms with Gasteiger partial charge in [-0.05, 0) is 35.5 Å². The van der Waals surface area contributed by atoms with E-state index in [1.807, 2.05) is 24.4 Å². The maximum atomic E-state index is 6.10. The van der Waals surface area contributed by atoms with Crippen molar-refractivity contribution in [2.45, 2.75) is 0 Å². The van der Waals surface area contributed by atoms with Crippen LogP contribution in [0, 0.1) is 0 Å². The number of rotatable bonds is 4. The van der Waals surface area contributed by atoms with Gasteiger partial charge in [-0.3, -0.25) is 4.98 Å². The molecule has 4 aromatic rings. The van der Waals surface area contributed by atoms with Gasteiger partial charge in [0.2, 0.25) is 5.82 Å². The predicted octanol–water partition coefficient (Wildman–Crippen LogP) is 3.35. The molecule has 0 atom stereocenters. The minimum absolute atomic E-state index is 0. The largest absolute Gasteiger partial charge is 0.455 e. The van der Waals surface area contributed by atoms with Crippen LogP contribution >= 0.6 is 11.3 Å². The number of morpholine rings is 1. The Bertz CT molecular complexity index is 1050. The van der Waals surface area contributed by atoms with Crippen LogP contribution in [0.2, 0.25) is 0 Å². The number of hydrogen-bond donors (Lipinski definition) is 1. The summed E-state index contributed by atoms with van der Waals surface area (Å²) in [5.41, 5.74) is 1.18. The third-order valence-corrected chi connectivity index (χ3v) is 5.48. The molecule has 0 radical (unpaired) electrons. The second-order valence-electron chi connectivity index (χ2n) is 6.09. The molecule has 1 aliphatic rings. The molecule has 0 spiro atoms. The van der Waals surface area contributed by atoms with Crippen molar-refractivity contribution in [2.75, 3.05) is 31.2 Å². The smallest absolute Gasteiger partial charge is 0.214 e. The molecular formula is C18H18N6O2S. The second kappa shape index (κ2) is 6.93. The summed E-state index contributed by atoms with van der Waals surface area (Å²) in [6.45, 7) is 3.37. The lowest BCUT2D eigenvalue weighted by atomic mass is 10.2. The van der Waals surface area contributed by atoms with E-state index in [1.54, 1.807) is 17.5 Å². The quantitative estimate of drug-likeness (QED) is 0.579. The highest BCUT2D eigenvalue weighted by Gasteiger charge is 2.14. The number of anilines is 1. The molecule has 0 aliphatic carbocycles. The Kier molecular flexibility index (Phi) is 4.15. The van der Waals surface area contributed by atoms with Gasteiger partial charge in [-0.25, -0.2) is 0 Å². The van der Waals surface area contributed by atoms with Gasteiger partial charge < -0.3 is 14.4 Å². The van der Waals surface area contributed by atoms with Crippen LogP contribution in [0.15, 0.2) is 42.7 Å². The Labute approximate surface area is 160 Å². The minimum atomic E-state index is 0. The SMILES string of the molecule is [HH].c1cc(N2CCOCC2)ccc1Oc1cncc2sc(-c3nn[nH]n3)cc12. The number of ether oxygens (including phenoxy) is 2. The number of nitrogens with zero attached hydrogens (tertiary/aromatic N) is 5. The highest BCUT2D eigenvalue weighted by Crippen LogP contribution is 2.37. The predicted molar refractivity (Wildman–Crippen MR) is 104 cm³/mol. The first-order chi connectivity index (χ1) is 13.4. The molecule has 1 fully saturated rings. The summed E-state index contributed by atoms with van der Waals surface area (Å²) in [4.78, 5) is 7.52. The zero-order valence-electron chi connectivity index (χ0n) is 14.3. The highest BCUT2D eigenvalue weighted by atomic mass is 32.1. The fraction of sp³-hybridized carbons (Fsp3) is 0.222. The van der Waals surface area contributed by atoms with Gasteiger partial charge in [-0.15, -0.1) is 21.5 Å². The van der Waals surface area contributed by atoms with E-state index < -0.39 is 0 Å². The van der Waals surface area contributed by atoms with Crippen LogP contribution in [-0.2, 0) is 4.74 Å². The first-order valence-corrected chi connectivity index (χ1v) is 9.40.